The number of carbonyl (C=O) groups excluding carboxylic acids is 3. The second kappa shape index (κ2) is 12.5. The highest BCUT2D eigenvalue weighted by Crippen LogP contribution is 2.56. The van der Waals surface area contributed by atoms with Crippen molar-refractivity contribution in [2.24, 2.45) is 0 Å². The summed E-state index contributed by atoms with van der Waals surface area (Å²) in [4.78, 5) is 37.7. The van der Waals surface area contributed by atoms with Gasteiger partial charge in [-0.1, -0.05) is 54.6 Å². The molecule has 37 heavy (non-hydrogen) atoms. The predicted molar refractivity (Wildman–Crippen MR) is 139 cm³/mol. The average molecular weight is 534 g/mol. The summed E-state index contributed by atoms with van der Waals surface area (Å²) in [5.74, 6) is -0.654. The van der Waals surface area contributed by atoms with Gasteiger partial charge in [-0.15, -0.1) is 0 Å². The molecular formula is C27H36NO8P. The smallest absolute Gasteiger partial charge is 0.408 e. The minimum Gasteiger partial charge on any atom is -0.467 e. The molecule has 2 aromatic rings. The van der Waals surface area contributed by atoms with E-state index in [2.05, 4.69) is 5.32 Å². The summed E-state index contributed by atoms with van der Waals surface area (Å²) in [7, 11) is -2.96. The molecule has 10 heteroatoms. The number of rotatable bonds is 10. The van der Waals surface area contributed by atoms with Gasteiger partial charge < -0.3 is 14.8 Å². The van der Waals surface area contributed by atoms with Gasteiger partial charge in [0, 0.05) is 12.0 Å². The first-order valence-corrected chi connectivity index (χ1v) is 13.4. The van der Waals surface area contributed by atoms with Crippen molar-refractivity contribution in [1.82, 2.24) is 5.32 Å². The number of ether oxygens (including phenoxy) is 2. The monoisotopic (exact) mass is 533 g/mol. The minimum absolute atomic E-state index is 0.0463. The van der Waals surface area contributed by atoms with Crippen LogP contribution in [-0.4, -0.2) is 41.9 Å². The first-order chi connectivity index (χ1) is 17.1. The van der Waals surface area contributed by atoms with Crippen LogP contribution >= 0.6 is 7.60 Å². The van der Waals surface area contributed by atoms with Gasteiger partial charge in [0.2, 0.25) is 0 Å². The highest BCUT2D eigenvalue weighted by Gasteiger charge is 2.43. The summed E-state index contributed by atoms with van der Waals surface area (Å²) < 4.78 is 34.8. The van der Waals surface area contributed by atoms with Crippen LogP contribution in [0, 0.1) is 0 Å². The van der Waals surface area contributed by atoms with Crippen LogP contribution in [0.5, 0.6) is 0 Å². The largest absolute Gasteiger partial charge is 0.467 e. The molecule has 0 aliphatic carbocycles. The Morgan fingerprint density at radius 2 is 1.38 bits per heavy atom. The zero-order valence-electron chi connectivity index (χ0n) is 22.4. The number of methoxy groups -OCH3 is 1. The number of nitrogens with one attached hydrogen (secondary N) is 1. The van der Waals surface area contributed by atoms with E-state index in [4.69, 9.17) is 18.5 Å². The van der Waals surface area contributed by atoms with Crippen molar-refractivity contribution in [3.63, 3.8) is 0 Å². The molecule has 1 N–H and O–H groups in total. The average Bonchev–Trinajstić information content (AvgIpc) is 2.80. The summed E-state index contributed by atoms with van der Waals surface area (Å²) in [5, 5.41) is 2.51. The van der Waals surface area contributed by atoms with E-state index in [-0.39, 0.29) is 18.6 Å². The summed E-state index contributed by atoms with van der Waals surface area (Å²) in [6.07, 6.45) is -0.693. The normalized spacial score (nSPS) is 12.9. The van der Waals surface area contributed by atoms with Gasteiger partial charge in [-0.3, -0.25) is 18.4 Å². The van der Waals surface area contributed by atoms with E-state index in [0.29, 0.717) is 5.56 Å². The number of hydrogen-bond donors (Lipinski definition) is 1. The molecule has 0 bridgehead atoms. The van der Waals surface area contributed by atoms with E-state index in [1.807, 2.05) is 30.3 Å². The Morgan fingerprint density at radius 1 is 0.838 bits per heavy atom. The van der Waals surface area contributed by atoms with Crippen molar-refractivity contribution in [1.29, 1.82) is 0 Å². The minimum atomic E-state index is -4.18. The molecule has 1 amide bonds. The topological polar surface area (TPSA) is 117 Å². The SMILES string of the molecule is COC(=O)C(Cc1ccc(C(=O)P(=O)(OC(C)(C)C)OC(C)(C)C)cc1)NC(=O)OCc1ccccc1. The lowest BCUT2D eigenvalue weighted by atomic mass is 10.0. The molecule has 0 aromatic heterocycles. The van der Waals surface area contributed by atoms with E-state index < -0.39 is 42.4 Å². The van der Waals surface area contributed by atoms with Gasteiger partial charge in [-0.05, 0) is 52.7 Å². The third-order valence-corrected chi connectivity index (χ3v) is 7.00. The lowest BCUT2D eigenvalue weighted by Gasteiger charge is -2.31. The Bertz CT molecular complexity index is 1100. The molecule has 0 aliphatic rings. The molecule has 0 fully saturated rings. The summed E-state index contributed by atoms with van der Waals surface area (Å²) in [5.41, 5.74) is -0.980. The Balaban J connectivity index is 2.14. The van der Waals surface area contributed by atoms with Crippen molar-refractivity contribution in [3.8, 4) is 0 Å². The maximum atomic E-state index is 13.5. The van der Waals surface area contributed by atoms with Gasteiger partial charge >= 0.3 is 19.7 Å². The molecule has 2 rings (SSSR count). The molecule has 202 valence electrons. The summed E-state index contributed by atoms with van der Waals surface area (Å²) in [6, 6.07) is 14.2. The fraction of sp³-hybridized carbons (Fsp3) is 0.444. The Kier molecular flexibility index (Phi) is 10.2. The van der Waals surface area contributed by atoms with E-state index in [9.17, 15) is 18.9 Å². The highest BCUT2D eigenvalue weighted by molar-refractivity contribution is 7.72. The van der Waals surface area contributed by atoms with E-state index in [0.717, 1.165) is 5.56 Å². The summed E-state index contributed by atoms with van der Waals surface area (Å²) >= 11 is 0. The van der Waals surface area contributed by atoms with Crippen LogP contribution in [0.3, 0.4) is 0 Å². The van der Waals surface area contributed by atoms with E-state index in [1.165, 1.54) is 19.2 Å². The molecule has 0 aliphatic heterocycles. The second-order valence-electron chi connectivity index (χ2n) is 10.4. The molecule has 0 spiro atoms. The Labute approximate surface area is 218 Å². The van der Waals surface area contributed by atoms with Crippen molar-refractivity contribution in [2.75, 3.05) is 7.11 Å². The second-order valence-corrected chi connectivity index (χ2v) is 12.2. The third kappa shape index (κ3) is 10.1. The number of carbonyl (C=O) groups is 3. The van der Waals surface area contributed by atoms with Crippen molar-refractivity contribution in [3.05, 3.63) is 71.3 Å². The van der Waals surface area contributed by atoms with Gasteiger partial charge in [-0.2, -0.15) is 0 Å². The van der Waals surface area contributed by atoms with Crippen LogP contribution in [0.2, 0.25) is 0 Å². The maximum Gasteiger partial charge on any atom is 0.408 e. The predicted octanol–water partition coefficient (Wildman–Crippen LogP) is 5.66. The van der Waals surface area contributed by atoms with E-state index in [1.54, 1.807) is 53.7 Å². The van der Waals surface area contributed by atoms with Crippen LogP contribution in [0.25, 0.3) is 0 Å². The Hall–Kier alpha value is -3.00. The number of esters is 1. The maximum absolute atomic E-state index is 13.5. The van der Waals surface area contributed by atoms with E-state index >= 15 is 0 Å². The van der Waals surface area contributed by atoms with Gasteiger partial charge in [0.05, 0.1) is 18.3 Å². The Morgan fingerprint density at radius 3 is 1.86 bits per heavy atom. The quantitative estimate of drug-likeness (QED) is 0.307. The molecule has 2 aromatic carbocycles. The van der Waals surface area contributed by atoms with Crippen LogP contribution in [0.1, 0.15) is 63.0 Å². The standard InChI is InChI=1S/C27H36NO8P/c1-26(2,3)35-37(32,36-27(4,5)6)24(30)21-15-13-19(14-16-21)17-22(23(29)33-7)28-25(31)34-18-20-11-9-8-10-12-20/h8-16,22H,17-18H2,1-7H3,(H,28,31). The van der Waals surface area contributed by atoms with Crippen LogP contribution in [-0.2, 0) is 40.9 Å². The first kappa shape index (κ1) is 30.2. The molecule has 0 heterocycles. The molecular weight excluding hydrogens is 497 g/mol. The lowest BCUT2D eigenvalue weighted by molar-refractivity contribution is -0.143. The molecule has 0 saturated heterocycles. The van der Waals surface area contributed by atoms with Crippen LogP contribution in [0.4, 0.5) is 4.79 Å². The number of alkyl carbamates (subject to hydrolysis) is 1. The lowest BCUT2D eigenvalue weighted by Crippen LogP contribution is -2.43. The van der Waals surface area contributed by atoms with Crippen LogP contribution in [0.15, 0.2) is 54.6 Å². The number of amides is 1. The van der Waals surface area contributed by atoms with Gasteiger partial charge in [0.1, 0.15) is 12.6 Å². The molecule has 0 saturated carbocycles. The molecule has 1 unspecified atom stereocenters. The van der Waals surface area contributed by atoms with Crippen molar-refractivity contribution >= 4 is 25.2 Å². The fourth-order valence-electron chi connectivity index (χ4n) is 3.24. The van der Waals surface area contributed by atoms with Gasteiger partial charge in [0.15, 0.2) is 0 Å². The third-order valence-electron chi connectivity index (χ3n) is 4.67. The van der Waals surface area contributed by atoms with Crippen molar-refractivity contribution in [2.45, 2.75) is 71.8 Å². The number of hydrogen-bond acceptors (Lipinski definition) is 8. The zero-order valence-corrected chi connectivity index (χ0v) is 23.3. The first-order valence-electron chi connectivity index (χ1n) is 11.8. The number of benzene rings is 2. The molecule has 1 atom stereocenters. The highest BCUT2D eigenvalue weighted by atomic mass is 31.2. The van der Waals surface area contributed by atoms with Crippen LogP contribution < -0.4 is 5.32 Å². The van der Waals surface area contributed by atoms with Gasteiger partial charge in [-0.25, -0.2) is 9.59 Å². The molecule has 0 radical (unpaired) electrons. The summed E-state index contributed by atoms with van der Waals surface area (Å²) in [6.45, 7) is 10.2. The zero-order chi connectivity index (χ0) is 27.9. The fourth-order valence-corrected chi connectivity index (χ4v) is 5.35. The van der Waals surface area contributed by atoms with Gasteiger partial charge in [0.25, 0.3) is 5.52 Å². The molecule has 9 nitrogen and oxygen atoms in total. The van der Waals surface area contributed by atoms with Crippen molar-refractivity contribution < 1.29 is 37.5 Å².